The molecule has 0 N–H and O–H groups in total. The lowest BCUT2D eigenvalue weighted by Crippen LogP contribution is -1.94. The van der Waals surface area contributed by atoms with Gasteiger partial charge in [-0.05, 0) is 59.1 Å². The van der Waals surface area contributed by atoms with E-state index in [1.165, 1.54) is 56.1 Å². The number of hydrogen-bond acceptors (Lipinski definition) is 0. The number of hydrogen-bond donors (Lipinski definition) is 0. The molecule has 4 aromatic carbocycles. The molecule has 0 nitrogen and oxygen atoms in total. The molecule has 0 saturated carbocycles. The molecule has 0 aliphatic rings. The first-order valence-corrected chi connectivity index (χ1v) is 14.4. The maximum absolute atomic E-state index is 15.2. The van der Waals surface area contributed by atoms with Crippen LogP contribution in [0.25, 0.3) is 33.4 Å². The molecule has 4 rings (SSSR count). The highest BCUT2D eigenvalue weighted by atomic mass is 19.2. The van der Waals surface area contributed by atoms with Crippen molar-refractivity contribution in [3.05, 3.63) is 108 Å². The minimum atomic E-state index is -0.800. The fourth-order valence-corrected chi connectivity index (χ4v) is 5.06. The van der Waals surface area contributed by atoms with Gasteiger partial charge in [-0.1, -0.05) is 137 Å². The second-order valence-electron chi connectivity index (χ2n) is 10.4. The van der Waals surface area contributed by atoms with Gasteiger partial charge in [0.2, 0.25) is 0 Å². The van der Waals surface area contributed by atoms with Crippen LogP contribution in [0.1, 0.15) is 76.3 Å². The standard InChI is InChI=1S/C36H40F2/c1-3-5-7-8-10-12-28-13-17-29(18-14-28)30-21-23-32(24-22-30)34-26-25-33(35(37)36(34)38)31-19-15-27(16-20-31)11-9-6-4-2/h13-26H,3-12H2,1-2H3. The molecule has 0 bridgehead atoms. The van der Waals surface area contributed by atoms with Gasteiger partial charge in [-0.2, -0.15) is 0 Å². The van der Waals surface area contributed by atoms with Gasteiger partial charge >= 0.3 is 0 Å². The molecule has 0 amide bonds. The van der Waals surface area contributed by atoms with E-state index in [1.54, 1.807) is 12.1 Å². The molecule has 0 heterocycles. The summed E-state index contributed by atoms with van der Waals surface area (Å²) in [7, 11) is 0. The molecule has 198 valence electrons. The number of benzene rings is 4. The Morgan fingerprint density at radius 3 is 1.21 bits per heavy atom. The Bertz CT molecular complexity index is 1270. The summed E-state index contributed by atoms with van der Waals surface area (Å²) in [6, 6.07) is 27.6. The van der Waals surface area contributed by atoms with Crippen molar-refractivity contribution in [2.75, 3.05) is 0 Å². The van der Waals surface area contributed by atoms with Crippen LogP contribution in [0.15, 0.2) is 84.9 Å². The third kappa shape index (κ3) is 7.19. The zero-order valence-corrected chi connectivity index (χ0v) is 22.9. The molecule has 0 spiro atoms. The highest BCUT2D eigenvalue weighted by molar-refractivity contribution is 5.74. The van der Waals surface area contributed by atoms with Crippen LogP contribution < -0.4 is 0 Å². The highest BCUT2D eigenvalue weighted by Gasteiger charge is 2.16. The van der Waals surface area contributed by atoms with E-state index < -0.39 is 11.6 Å². The summed E-state index contributed by atoms with van der Waals surface area (Å²) in [5.41, 5.74) is 6.76. The van der Waals surface area contributed by atoms with E-state index in [0.29, 0.717) is 16.7 Å². The summed E-state index contributed by atoms with van der Waals surface area (Å²) in [6.07, 6.45) is 12.1. The second-order valence-corrected chi connectivity index (χ2v) is 10.4. The summed E-state index contributed by atoms with van der Waals surface area (Å²) in [4.78, 5) is 0. The summed E-state index contributed by atoms with van der Waals surface area (Å²) >= 11 is 0. The molecule has 0 aromatic heterocycles. The topological polar surface area (TPSA) is 0 Å². The minimum Gasteiger partial charge on any atom is -0.203 e. The Balaban J connectivity index is 1.43. The molecule has 2 heteroatoms. The summed E-state index contributed by atoms with van der Waals surface area (Å²) in [5, 5.41) is 0. The van der Waals surface area contributed by atoms with E-state index in [0.717, 1.165) is 30.4 Å². The van der Waals surface area contributed by atoms with Gasteiger partial charge in [0, 0.05) is 11.1 Å². The van der Waals surface area contributed by atoms with Crippen LogP contribution in [-0.2, 0) is 12.8 Å². The largest absolute Gasteiger partial charge is 0.203 e. The average Bonchev–Trinajstić information content (AvgIpc) is 2.95. The van der Waals surface area contributed by atoms with Crippen LogP contribution in [0.4, 0.5) is 8.78 Å². The molecule has 0 aliphatic carbocycles. The number of halogens is 2. The number of unbranched alkanes of at least 4 members (excludes halogenated alkanes) is 6. The first kappa shape index (κ1) is 27.8. The van der Waals surface area contributed by atoms with Gasteiger partial charge in [-0.3, -0.25) is 0 Å². The van der Waals surface area contributed by atoms with Crippen molar-refractivity contribution < 1.29 is 8.78 Å². The summed E-state index contributed by atoms with van der Waals surface area (Å²) in [6.45, 7) is 4.43. The van der Waals surface area contributed by atoms with Crippen LogP contribution in [0, 0.1) is 11.6 Å². The number of aryl methyl sites for hydroxylation is 2. The van der Waals surface area contributed by atoms with E-state index in [1.807, 2.05) is 48.5 Å². The van der Waals surface area contributed by atoms with E-state index in [4.69, 9.17) is 0 Å². The van der Waals surface area contributed by atoms with Crippen molar-refractivity contribution in [2.24, 2.45) is 0 Å². The van der Waals surface area contributed by atoms with Gasteiger partial charge in [-0.15, -0.1) is 0 Å². The molecule has 38 heavy (non-hydrogen) atoms. The highest BCUT2D eigenvalue weighted by Crippen LogP contribution is 2.33. The third-order valence-electron chi connectivity index (χ3n) is 7.47. The first-order valence-electron chi connectivity index (χ1n) is 14.4. The molecular formula is C36H40F2. The Morgan fingerprint density at radius 1 is 0.395 bits per heavy atom. The van der Waals surface area contributed by atoms with Crippen molar-refractivity contribution in [1.29, 1.82) is 0 Å². The van der Waals surface area contributed by atoms with Crippen molar-refractivity contribution in [3.63, 3.8) is 0 Å². The maximum Gasteiger partial charge on any atom is 0.167 e. The van der Waals surface area contributed by atoms with Gasteiger partial charge in [0.15, 0.2) is 11.6 Å². The molecule has 4 aromatic rings. The van der Waals surface area contributed by atoms with Crippen molar-refractivity contribution in [1.82, 2.24) is 0 Å². The van der Waals surface area contributed by atoms with E-state index in [9.17, 15) is 0 Å². The molecule has 0 atom stereocenters. The Kier molecular flexibility index (Phi) is 10.3. The monoisotopic (exact) mass is 510 g/mol. The SMILES string of the molecule is CCCCCCCc1ccc(-c2ccc(-c3ccc(-c4ccc(CCCCC)cc4)c(F)c3F)cc2)cc1. The van der Waals surface area contributed by atoms with Crippen LogP contribution in [0.2, 0.25) is 0 Å². The predicted octanol–water partition coefficient (Wildman–Crippen LogP) is 11.2. The molecule has 0 aliphatic heterocycles. The van der Waals surface area contributed by atoms with Gasteiger partial charge < -0.3 is 0 Å². The van der Waals surface area contributed by atoms with Crippen molar-refractivity contribution in [3.8, 4) is 33.4 Å². The lowest BCUT2D eigenvalue weighted by Gasteiger charge is -2.11. The summed E-state index contributed by atoms with van der Waals surface area (Å²) < 4.78 is 30.3. The lowest BCUT2D eigenvalue weighted by molar-refractivity contribution is 0.514. The van der Waals surface area contributed by atoms with Gasteiger partial charge in [-0.25, -0.2) is 8.78 Å². The van der Waals surface area contributed by atoms with Gasteiger partial charge in [0.05, 0.1) is 0 Å². The fraction of sp³-hybridized carbons (Fsp3) is 0.333. The van der Waals surface area contributed by atoms with E-state index in [-0.39, 0.29) is 5.56 Å². The normalized spacial score (nSPS) is 11.2. The van der Waals surface area contributed by atoms with E-state index >= 15 is 8.78 Å². The lowest BCUT2D eigenvalue weighted by atomic mass is 9.96. The van der Waals surface area contributed by atoms with E-state index in [2.05, 4.69) is 38.1 Å². The molecule has 0 saturated heterocycles. The van der Waals surface area contributed by atoms with Crippen LogP contribution in [0.3, 0.4) is 0 Å². The first-order chi connectivity index (χ1) is 18.6. The molecule has 0 unspecified atom stereocenters. The van der Waals surface area contributed by atoms with Crippen LogP contribution >= 0.6 is 0 Å². The molecule has 0 radical (unpaired) electrons. The molecular weight excluding hydrogens is 470 g/mol. The van der Waals surface area contributed by atoms with Gasteiger partial charge in [0.25, 0.3) is 0 Å². The smallest absolute Gasteiger partial charge is 0.167 e. The Hall–Kier alpha value is -3.26. The zero-order chi connectivity index (χ0) is 26.7. The fourth-order valence-electron chi connectivity index (χ4n) is 5.06. The number of rotatable bonds is 13. The zero-order valence-electron chi connectivity index (χ0n) is 22.9. The Labute approximate surface area is 227 Å². The van der Waals surface area contributed by atoms with Gasteiger partial charge in [0.1, 0.15) is 0 Å². The van der Waals surface area contributed by atoms with Crippen molar-refractivity contribution in [2.45, 2.75) is 78.1 Å². The average molecular weight is 511 g/mol. The predicted molar refractivity (Wildman–Crippen MR) is 158 cm³/mol. The summed E-state index contributed by atoms with van der Waals surface area (Å²) in [5.74, 6) is -1.60. The van der Waals surface area contributed by atoms with Crippen molar-refractivity contribution >= 4 is 0 Å². The molecule has 0 fully saturated rings. The minimum absolute atomic E-state index is 0.285. The quantitative estimate of drug-likeness (QED) is 0.157. The third-order valence-corrected chi connectivity index (χ3v) is 7.47. The Morgan fingerprint density at radius 2 is 0.737 bits per heavy atom. The van der Waals surface area contributed by atoms with Crippen LogP contribution in [0.5, 0.6) is 0 Å². The second kappa shape index (κ2) is 14.0. The maximum atomic E-state index is 15.2. The van der Waals surface area contributed by atoms with Crippen LogP contribution in [-0.4, -0.2) is 0 Å².